The molecule has 0 spiro atoms. The molecule has 0 N–H and O–H groups in total. The van der Waals surface area contributed by atoms with Crippen molar-refractivity contribution in [3.63, 3.8) is 0 Å². The van der Waals surface area contributed by atoms with Gasteiger partial charge in [-0.2, -0.15) is 4.31 Å². The van der Waals surface area contributed by atoms with Gasteiger partial charge in [0, 0.05) is 44.9 Å². The number of hydrogen-bond acceptors (Lipinski definition) is 8. The summed E-state index contributed by atoms with van der Waals surface area (Å²) < 4.78 is 57.1. The Morgan fingerprint density at radius 3 is 2.26 bits per heavy atom. The van der Waals surface area contributed by atoms with Crippen LogP contribution in [0.25, 0.3) is 0 Å². The van der Waals surface area contributed by atoms with Gasteiger partial charge in [0.25, 0.3) is 5.69 Å². The Morgan fingerprint density at radius 1 is 0.968 bits per heavy atom. The smallest absolute Gasteiger partial charge is 0.270 e. The lowest BCUT2D eigenvalue weighted by Crippen LogP contribution is -2.49. The first-order valence-electron chi connectivity index (χ1n) is 9.47. The number of sulfonamides is 1. The fourth-order valence-corrected chi connectivity index (χ4v) is 6.04. The van der Waals surface area contributed by atoms with E-state index in [1.165, 1.54) is 41.7 Å². The third-order valence-electron chi connectivity index (χ3n) is 5.07. The molecule has 1 fully saturated rings. The normalized spacial score (nSPS) is 16.2. The Bertz CT molecular complexity index is 1160. The number of hydrogen-bond donors (Lipinski definition) is 0. The van der Waals surface area contributed by atoms with Crippen molar-refractivity contribution < 1.29 is 26.5 Å². The van der Waals surface area contributed by atoms with Gasteiger partial charge in [0.2, 0.25) is 10.0 Å². The summed E-state index contributed by atoms with van der Waals surface area (Å²) in [5, 5.41) is 10.9. The van der Waals surface area contributed by atoms with Gasteiger partial charge >= 0.3 is 0 Å². The third kappa shape index (κ3) is 5.39. The molecule has 2 aromatic carbocycles. The van der Waals surface area contributed by atoms with Crippen molar-refractivity contribution in [1.82, 2.24) is 9.21 Å². The summed E-state index contributed by atoms with van der Waals surface area (Å²) in [6, 6.07) is 11.2. The molecule has 3 rings (SSSR count). The number of piperazine rings is 1. The van der Waals surface area contributed by atoms with Crippen LogP contribution in [0.2, 0.25) is 0 Å². The zero-order chi connectivity index (χ0) is 22.6. The molecule has 12 heteroatoms. The van der Waals surface area contributed by atoms with E-state index >= 15 is 0 Å². The molecular weight excluding hydrogens is 446 g/mol. The van der Waals surface area contributed by atoms with E-state index in [2.05, 4.69) is 0 Å². The van der Waals surface area contributed by atoms with Crippen molar-refractivity contribution in [3.05, 3.63) is 58.6 Å². The van der Waals surface area contributed by atoms with E-state index in [0.29, 0.717) is 18.8 Å². The first-order chi connectivity index (χ1) is 14.6. The van der Waals surface area contributed by atoms with Crippen LogP contribution < -0.4 is 4.74 Å². The van der Waals surface area contributed by atoms with Gasteiger partial charge in [-0.15, -0.1) is 0 Å². The molecule has 0 amide bonds. The average Bonchev–Trinajstić information content (AvgIpc) is 2.78. The van der Waals surface area contributed by atoms with Crippen molar-refractivity contribution in [1.29, 1.82) is 0 Å². The maximum atomic E-state index is 12.8. The van der Waals surface area contributed by atoms with Crippen molar-refractivity contribution in [2.45, 2.75) is 9.79 Å². The summed E-state index contributed by atoms with van der Waals surface area (Å²) in [6.45, 7) is 1.34. The Hall–Kier alpha value is -2.54. The maximum Gasteiger partial charge on any atom is 0.270 e. The van der Waals surface area contributed by atoms with E-state index in [4.69, 9.17) is 4.74 Å². The minimum Gasteiger partial charge on any atom is -0.497 e. The number of nitrogens with zero attached hydrogens (tertiary/aromatic N) is 3. The van der Waals surface area contributed by atoms with Crippen LogP contribution in [0.3, 0.4) is 0 Å². The number of methoxy groups -OCH3 is 1. The second-order valence-corrected chi connectivity index (χ2v) is 11.0. The zero-order valence-corrected chi connectivity index (χ0v) is 18.5. The van der Waals surface area contributed by atoms with Crippen LogP contribution in [-0.2, 0) is 19.9 Å². The molecule has 0 saturated carbocycles. The quantitative estimate of drug-likeness (QED) is 0.419. The minimum atomic E-state index is -3.87. The van der Waals surface area contributed by atoms with Crippen LogP contribution in [0, 0.1) is 10.1 Å². The van der Waals surface area contributed by atoms with Gasteiger partial charge in [0.1, 0.15) is 5.75 Å². The van der Waals surface area contributed by atoms with Crippen LogP contribution in [0.1, 0.15) is 0 Å². The van der Waals surface area contributed by atoms with E-state index in [1.54, 1.807) is 12.1 Å². The predicted octanol–water partition coefficient (Wildman–Crippen LogP) is 1.38. The molecule has 0 atom stereocenters. The van der Waals surface area contributed by atoms with Crippen LogP contribution >= 0.6 is 0 Å². The van der Waals surface area contributed by atoms with Crippen LogP contribution in [0.15, 0.2) is 58.3 Å². The number of nitro groups is 1. The molecule has 10 nitrogen and oxygen atoms in total. The van der Waals surface area contributed by atoms with E-state index in [-0.39, 0.29) is 40.9 Å². The fraction of sp³-hybridized carbons (Fsp3) is 0.368. The van der Waals surface area contributed by atoms with E-state index in [0.717, 1.165) is 6.07 Å². The van der Waals surface area contributed by atoms with Gasteiger partial charge in [-0.05, 0) is 24.3 Å². The van der Waals surface area contributed by atoms with Crippen molar-refractivity contribution in [3.8, 4) is 5.75 Å². The number of rotatable bonds is 8. The highest BCUT2D eigenvalue weighted by molar-refractivity contribution is 7.91. The molecule has 1 aliphatic heterocycles. The number of nitro benzene ring substituents is 1. The Morgan fingerprint density at radius 2 is 1.61 bits per heavy atom. The summed E-state index contributed by atoms with van der Waals surface area (Å²) in [5.74, 6) is 0.360. The van der Waals surface area contributed by atoms with Crippen molar-refractivity contribution in [2.24, 2.45) is 0 Å². The number of benzene rings is 2. The SMILES string of the molecule is COc1cccc(S(=O)(=O)CCN2CCN(S(=O)(=O)c3cccc([N+](=O)[O-])c3)CC2)c1. The molecule has 2 aromatic rings. The molecule has 1 aliphatic rings. The first-order valence-corrected chi connectivity index (χ1v) is 12.6. The zero-order valence-electron chi connectivity index (χ0n) is 16.9. The molecule has 31 heavy (non-hydrogen) atoms. The summed E-state index contributed by atoms with van der Waals surface area (Å²) in [7, 11) is -5.91. The van der Waals surface area contributed by atoms with Crippen molar-refractivity contribution >= 4 is 25.5 Å². The molecule has 0 radical (unpaired) electrons. The Balaban J connectivity index is 1.60. The van der Waals surface area contributed by atoms with Gasteiger partial charge in [0.05, 0.1) is 27.6 Å². The van der Waals surface area contributed by atoms with E-state index < -0.39 is 24.8 Å². The molecule has 1 saturated heterocycles. The lowest BCUT2D eigenvalue weighted by molar-refractivity contribution is -0.385. The summed E-state index contributed by atoms with van der Waals surface area (Å²) in [4.78, 5) is 12.2. The highest BCUT2D eigenvalue weighted by Crippen LogP contribution is 2.22. The highest BCUT2D eigenvalue weighted by Gasteiger charge is 2.30. The summed E-state index contributed by atoms with van der Waals surface area (Å²) in [6.07, 6.45) is 0. The monoisotopic (exact) mass is 469 g/mol. The maximum absolute atomic E-state index is 12.8. The molecule has 0 bridgehead atoms. The lowest BCUT2D eigenvalue weighted by Gasteiger charge is -2.33. The fourth-order valence-electron chi connectivity index (χ4n) is 3.26. The van der Waals surface area contributed by atoms with Crippen LogP contribution in [-0.4, -0.2) is 76.6 Å². The van der Waals surface area contributed by atoms with Gasteiger partial charge in [-0.25, -0.2) is 16.8 Å². The lowest BCUT2D eigenvalue weighted by atomic mass is 10.3. The topological polar surface area (TPSA) is 127 Å². The number of ether oxygens (including phenoxy) is 1. The summed E-state index contributed by atoms with van der Waals surface area (Å²) in [5.41, 5.74) is -0.289. The van der Waals surface area contributed by atoms with Gasteiger partial charge in [-0.3, -0.25) is 15.0 Å². The second kappa shape index (κ2) is 9.30. The van der Waals surface area contributed by atoms with Gasteiger partial charge < -0.3 is 4.74 Å². The standard InChI is InChI=1S/C19H23N3O7S2/c1-29-17-5-3-6-18(15-17)30(25,26)13-12-20-8-10-21(11-9-20)31(27,28)19-7-2-4-16(14-19)22(23)24/h2-7,14-15H,8-13H2,1H3. The second-order valence-electron chi connectivity index (χ2n) is 7.00. The number of sulfone groups is 1. The minimum absolute atomic E-state index is 0.0994. The van der Waals surface area contributed by atoms with E-state index in [9.17, 15) is 26.9 Å². The number of non-ortho nitro benzene ring substituents is 1. The van der Waals surface area contributed by atoms with Crippen molar-refractivity contribution in [2.75, 3.05) is 45.6 Å². The highest BCUT2D eigenvalue weighted by atomic mass is 32.2. The van der Waals surface area contributed by atoms with Gasteiger partial charge in [-0.1, -0.05) is 12.1 Å². The van der Waals surface area contributed by atoms with Gasteiger partial charge in [0.15, 0.2) is 9.84 Å². The van der Waals surface area contributed by atoms with Crippen LogP contribution in [0.5, 0.6) is 5.75 Å². The van der Waals surface area contributed by atoms with Crippen LogP contribution in [0.4, 0.5) is 5.69 Å². The molecule has 0 aromatic heterocycles. The molecule has 0 aliphatic carbocycles. The molecule has 1 heterocycles. The molecule has 168 valence electrons. The Labute approximate surface area is 181 Å². The average molecular weight is 470 g/mol. The Kier molecular flexibility index (Phi) is 6.94. The molecular formula is C19H23N3O7S2. The first kappa shape index (κ1) is 23.1. The third-order valence-corrected chi connectivity index (χ3v) is 8.66. The molecule has 0 unspecified atom stereocenters. The summed E-state index contributed by atoms with van der Waals surface area (Å²) >= 11 is 0. The van der Waals surface area contributed by atoms with E-state index in [1.807, 2.05) is 4.90 Å². The predicted molar refractivity (Wildman–Crippen MR) is 113 cm³/mol. The largest absolute Gasteiger partial charge is 0.497 e.